The minimum absolute atomic E-state index is 0.230. The van der Waals surface area contributed by atoms with Crippen LogP contribution in [-0.4, -0.2) is 60.1 Å². The predicted octanol–water partition coefficient (Wildman–Crippen LogP) is 1.69. The summed E-state index contributed by atoms with van der Waals surface area (Å²) in [5.41, 5.74) is 3.53. The van der Waals surface area contributed by atoms with E-state index in [0.29, 0.717) is 6.54 Å². The average Bonchev–Trinajstić information content (AvgIpc) is 3.22. The van der Waals surface area contributed by atoms with Crippen molar-refractivity contribution in [2.45, 2.75) is 19.9 Å². The van der Waals surface area contributed by atoms with Gasteiger partial charge in [0, 0.05) is 51.0 Å². The van der Waals surface area contributed by atoms with E-state index in [2.05, 4.69) is 33.2 Å². The lowest BCUT2D eigenvalue weighted by Gasteiger charge is -2.35. The second-order valence-corrected chi connectivity index (χ2v) is 6.89. The zero-order chi connectivity index (χ0) is 17.2. The standard InChI is InChI=1S/C19H24N4O2/c1-15-12-17(20-25-15)13-21-8-10-22(11-9-21)19(24)14-23-7-6-16-4-2-3-5-18(16)23/h2-5,12H,6-11,13-14H2,1H3. The lowest BCUT2D eigenvalue weighted by molar-refractivity contribution is -0.131. The number of carbonyl (C=O) groups excluding carboxylic acids is 1. The largest absolute Gasteiger partial charge is 0.362 e. The van der Waals surface area contributed by atoms with Crippen LogP contribution in [0.5, 0.6) is 0 Å². The van der Waals surface area contributed by atoms with Gasteiger partial charge in [0.25, 0.3) is 0 Å². The van der Waals surface area contributed by atoms with Gasteiger partial charge in [0.2, 0.25) is 5.91 Å². The molecular weight excluding hydrogens is 316 g/mol. The smallest absolute Gasteiger partial charge is 0.242 e. The van der Waals surface area contributed by atoms with Crippen molar-refractivity contribution < 1.29 is 9.32 Å². The summed E-state index contributed by atoms with van der Waals surface area (Å²) in [6.07, 6.45) is 1.04. The highest BCUT2D eigenvalue weighted by atomic mass is 16.5. The first kappa shape index (κ1) is 16.1. The minimum Gasteiger partial charge on any atom is -0.362 e. The van der Waals surface area contributed by atoms with Crippen LogP contribution >= 0.6 is 0 Å². The Morgan fingerprint density at radius 2 is 1.96 bits per heavy atom. The molecule has 0 unspecified atom stereocenters. The van der Waals surface area contributed by atoms with Gasteiger partial charge in [-0.05, 0) is 25.0 Å². The molecule has 0 spiro atoms. The minimum atomic E-state index is 0.230. The number of benzene rings is 1. The molecule has 0 bridgehead atoms. The molecule has 0 saturated carbocycles. The van der Waals surface area contributed by atoms with Crippen molar-refractivity contribution in [1.82, 2.24) is 15.0 Å². The molecule has 1 saturated heterocycles. The van der Waals surface area contributed by atoms with Crippen LogP contribution < -0.4 is 4.90 Å². The Morgan fingerprint density at radius 1 is 1.16 bits per heavy atom. The van der Waals surface area contributed by atoms with E-state index < -0.39 is 0 Å². The van der Waals surface area contributed by atoms with Gasteiger partial charge < -0.3 is 14.3 Å². The average molecular weight is 340 g/mol. The number of amides is 1. The lowest BCUT2D eigenvalue weighted by Crippen LogP contribution is -2.50. The molecule has 0 atom stereocenters. The summed E-state index contributed by atoms with van der Waals surface area (Å²) in [6.45, 7) is 7.46. The molecule has 0 N–H and O–H groups in total. The molecule has 2 aliphatic rings. The van der Waals surface area contributed by atoms with Crippen LogP contribution in [0, 0.1) is 6.92 Å². The maximum Gasteiger partial charge on any atom is 0.242 e. The quantitative estimate of drug-likeness (QED) is 0.848. The van der Waals surface area contributed by atoms with Gasteiger partial charge in [-0.2, -0.15) is 0 Å². The van der Waals surface area contributed by atoms with E-state index in [1.165, 1.54) is 11.3 Å². The van der Waals surface area contributed by atoms with Crippen LogP contribution in [0.15, 0.2) is 34.9 Å². The first-order valence-electron chi connectivity index (χ1n) is 8.94. The molecule has 0 radical (unpaired) electrons. The van der Waals surface area contributed by atoms with E-state index in [-0.39, 0.29) is 5.91 Å². The van der Waals surface area contributed by atoms with Gasteiger partial charge in [0.05, 0.1) is 12.2 Å². The fourth-order valence-electron chi connectivity index (χ4n) is 3.71. The van der Waals surface area contributed by atoms with Gasteiger partial charge in [0.1, 0.15) is 5.76 Å². The maximum atomic E-state index is 12.7. The van der Waals surface area contributed by atoms with Crippen molar-refractivity contribution in [3.05, 3.63) is 47.3 Å². The lowest BCUT2D eigenvalue weighted by atomic mass is 10.2. The number of anilines is 1. The molecule has 4 rings (SSSR count). The van der Waals surface area contributed by atoms with E-state index in [9.17, 15) is 4.79 Å². The Kier molecular flexibility index (Phi) is 4.44. The monoisotopic (exact) mass is 340 g/mol. The van der Waals surface area contributed by atoms with Crippen LogP contribution in [0.25, 0.3) is 0 Å². The number of piperazine rings is 1. The number of aryl methyl sites for hydroxylation is 1. The summed E-state index contributed by atoms with van der Waals surface area (Å²) in [6, 6.07) is 10.4. The Morgan fingerprint density at radius 3 is 2.72 bits per heavy atom. The van der Waals surface area contributed by atoms with Crippen molar-refractivity contribution in [2.24, 2.45) is 0 Å². The third-order valence-corrected chi connectivity index (χ3v) is 5.10. The second-order valence-electron chi connectivity index (χ2n) is 6.89. The third kappa shape index (κ3) is 3.54. The van der Waals surface area contributed by atoms with Gasteiger partial charge >= 0.3 is 0 Å². The zero-order valence-corrected chi connectivity index (χ0v) is 14.6. The number of nitrogens with zero attached hydrogens (tertiary/aromatic N) is 4. The maximum absolute atomic E-state index is 12.7. The molecule has 2 aromatic rings. The summed E-state index contributed by atoms with van der Waals surface area (Å²) < 4.78 is 5.12. The number of hydrogen-bond acceptors (Lipinski definition) is 5. The van der Waals surface area contributed by atoms with Gasteiger partial charge in [-0.25, -0.2) is 0 Å². The fraction of sp³-hybridized carbons (Fsp3) is 0.474. The Balaban J connectivity index is 1.28. The number of hydrogen-bond donors (Lipinski definition) is 0. The topological polar surface area (TPSA) is 52.8 Å². The predicted molar refractivity (Wildman–Crippen MR) is 95.5 cm³/mol. The first-order valence-corrected chi connectivity index (χ1v) is 8.94. The highest BCUT2D eigenvalue weighted by Gasteiger charge is 2.26. The number of rotatable bonds is 4. The van der Waals surface area contributed by atoms with E-state index in [1.54, 1.807) is 0 Å². The van der Waals surface area contributed by atoms with E-state index in [1.807, 2.05) is 24.0 Å². The van der Waals surface area contributed by atoms with Crippen molar-refractivity contribution >= 4 is 11.6 Å². The third-order valence-electron chi connectivity index (χ3n) is 5.10. The van der Waals surface area contributed by atoms with Crippen LogP contribution in [0.4, 0.5) is 5.69 Å². The Bertz CT molecular complexity index is 749. The van der Waals surface area contributed by atoms with Crippen LogP contribution in [0.1, 0.15) is 17.0 Å². The molecule has 25 heavy (non-hydrogen) atoms. The van der Waals surface area contributed by atoms with Gasteiger partial charge in [0.15, 0.2) is 0 Å². The molecule has 6 nitrogen and oxygen atoms in total. The van der Waals surface area contributed by atoms with Crippen LogP contribution in [0.3, 0.4) is 0 Å². The Hall–Kier alpha value is -2.34. The molecular formula is C19H24N4O2. The normalized spacial score (nSPS) is 17.8. The van der Waals surface area contributed by atoms with E-state index in [4.69, 9.17) is 4.52 Å². The molecule has 132 valence electrons. The second kappa shape index (κ2) is 6.88. The summed E-state index contributed by atoms with van der Waals surface area (Å²) in [4.78, 5) is 19.2. The Labute approximate surface area is 148 Å². The number of aromatic nitrogens is 1. The summed E-state index contributed by atoms with van der Waals surface area (Å²) in [5, 5.41) is 4.05. The zero-order valence-electron chi connectivity index (χ0n) is 14.6. The van der Waals surface area contributed by atoms with E-state index >= 15 is 0 Å². The van der Waals surface area contributed by atoms with Crippen molar-refractivity contribution in [3.8, 4) is 0 Å². The molecule has 0 aliphatic carbocycles. The van der Waals surface area contributed by atoms with Crippen LogP contribution in [-0.2, 0) is 17.8 Å². The summed E-state index contributed by atoms with van der Waals surface area (Å²) >= 11 is 0. The molecule has 2 aliphatic heterocycles. The number of fused-ring (bicyclic) bond motifs is 1. The van der Waals surface area contributed by atoms with Crippen molar-refractivity contribution in [1.29, 1.82) is 0 Å². The van der Waals surface area contributed by atoms with Crippen LogP contribution in [0.2, 0.25) is 0 Å². The molecule has 1 aromatic heterocycles. The summed E-state index contributed by atoms with van der Waals surface area (Å²) in [5.74, 6) is 1.07. The van der Waals surface area contributed by atoms with Gasteiger partial charge in [-0.1, -0.05) is 23.4 Å². The van der Waals surface area contributed by atoms with Crippen molar-refractivity contribution in [3.63, 3.8) is 0 Å². The molecule has 1 amide bonds. The fourth-order valence-corrected chi connectivity index (χ4v) is 3.71. The molecule has 3 heterocycles. The van der Waals surface area contributed by atoms with Gasteiger partial charge in [-0.15, -0.1) is 0 Å². The number of carbonyl (C=O) groups is 1. The molecule has 1 aromatic carbocycles. The first-order chi connectivity index (χ1) is 12.2. The highest BCUT2D eigenvalue weighted by Crippen LogP contribution is 2.27. The SMILES string of the molecule is Cc1cc(CN2CCN(C(=O)CN3CCc4ccccc43)CC2)no1. The van der Waals surface area contributed by atoms with Crippen molar-refractivity contribution in [2.75, 3.05) is 44.2 Å². The summed E-state index contributed by atoms with van der Waals surface area (Å²) in [7, 11) is 0. The highest BCUT2D eigenvalue weighted by molar-refractivity contribution is 5.82. The molecule has 1 fully saturated rings. The number of para-hydroxylation sites is 1. The van der Waals surface area contributed by atoms with Gasteiger partial charge in [-0.3, -0.25) is 9.69 Å². The molecule has 6 heteroatoms. The van der Waals surface area contributed by atoms with E-state index in [0.717, 1.165) is 57.1 Å².